The maximum atomic E-state index is 6.25. The zero-order chi connectivity index (χ0) is 16.3. The van der Waals surface area contributed by atoms with Gasteiger partial charge in [-0.3, -0.25) is 4.99 Å². The number of hydrogen-bond donors (Lipinski definition) is 2. The van der Waals surface area contributed by atoms with Crippen LogP contribution in [0.3, 0.4) is 0 Å². The number of hydrogen-bond acceptors (Lipinski definition) is 3. The minimum absolute atomic E-state index is 0. The fourth-order valence-electron chi connectivity index (χ4n) is 2.84. The first-order valence-corrected chi connectivity index (χ1v) is 8.88. The first kappa shape index (κ1) is 19.6. The first-order valence-electron chi connectivity index (χ1n) is 8.50. The average molecular weight is 464 g/mol. The molecule has 134 valence electrons. The van der Waals surface area contributed by atoms with Crippen LogP contribution in [0.25, 0.3) is 0 Å². The molecule has 1 atom stereocenters. The molecule has 1 unspecified atom stereocenters. The summed E-state index contributed by atoms with van der Waals surface area (Å²) in [7, 11) is 0. The van der Waals surface area contributed by atoms with Crippen molar-refractivity contribution in [2.75, 3.05) is 31.1 Å². The lowest BCUT2D eigenvalue weighted by atomic mass is 10.1. The molecule has 0 bridgehead atoms. The third-order valence-electron chi connectivity index (χ3n) is 4.63. The number of pyridine rings is 1. The van der Waals surface area contributed by atoms with Crippen molar-refractivity contribution in [3.63, 3.8) is 0 Å². The predicted octanol–water partition coefficient (Wildman–Crippen LogP) is 3.29. The predicted molar refractivity (Wildman–Crippen MR) is 112 cm³/mol. The quantitative estimate of drug-likeness (QED) is 0.400. The Kier molecular flexibility index (Phi) is 6.98. The molecule has 24 heavy (non-hydrogen) atoms. The monoisotopic (exact) mass is 463 g/mol. The van der Waals surface area contributed by atoms with E-state index in [2.05, 4.69) is 34.4 Å². The molecule has 2 fully saturated rings. The number of aromatic nitrogens is 1. The van der Waals surface area contributed by atoms with Gasteiger partial charge in [0.25, 0.3) is 0 Å². The second-order valence-corrected chi connectivity index (χ2v) is 7.30. The molecule has 1 aliphatic carbocycles. The Morgan fingerprint density at radius 2 is 2.29 bits per heavy atom. The summed E-state index contributed by atoms with van der Waals surface area (Å²) in [6, 6.07) is 4.14. The number of nitrogens with one attached hydrogen (secondary N) is 2. The van der Waals surface area contributed by atoms with Crippen LogP contribution in [-0.2, 0) is 0 Å². The minimum atomic E-state index is 0. The Morgan fingerprint density at radius 1 is 1.50 bits per heavy atom. The molecule has 0 amide bonds. The van der Waals surface area contributed by atoms with E-state index in [-0.39, 0.29) is 24.0 Å². The summed E-state index contributed by atoms with van der Waals surface area (Å²) >= 11 is 6.25. The van der Waals surface area contributed by atoms with Gasteiger partial charge in [-0.1, -0.05) is 18.5 Å². The molecule has 1 aromatic rings. The summed E-state index contributed by atoms with van der Waals surface area (Å²) < 4.78 is 0. The van der Waals surface area contributed by atoms with Gasteiger partial charge in [0.05, 0.1) is 5.02 Å². The minimum Gasteiger partial charge on any atom is -0.357 e. The fourth-order valence-corrected chi connectivity index (χ4v) is 3.08. The summed E-state index contributed by atoms with van der Waals surface area (Å²) in [4.78, 5) is 11.4. The van der Waals surface area contributed by atoms with Crippen molar-refractivity contribution in [3.8, 4) is 0 Å². The number of nitrogens with zero attached hydrogens (tertiary/aromatic N) is 3. The van der Waals surface area contributed by atoms with Crippen molar-refractivity contribution in [3.05, 3.63) is 23.4 Å². The van der Waals surface area contributed by atoms with E-state index in [0.717, 1.165) is 49.4 Å². The van der Waals surface area contributed by atoms with Crippen molar-refractivity contribution >= 4 is 47.4 Å². The highest BCUT2D eigenvalue weighted by Crippen LogP contribution is 2.44. The Balaban J connectivity index is 0.00000208. The lowest BCUT2D eigenvalue weighted by Gasteiger charge is -2.20. The van der Waals surface area contributed by atoms with Gasteiger partial charge in [0.2, 0.25) is 0 Å². The highest BCUT2D eigenvalue weighted by atomic mass is 127. The molecular weight excluding hydrogens is 437 g/mol. The van der Waals surface area contributed by atoms with Gasteiger partial charge in [0.15, 0.2) is 5.96 Å². The molecule has 1 aliphatic heterocycles. The van der Waals surface area contributed by atoms with Crippen molar-refractivity contribution < 1.29 is 0 Å². The van der Waals surface area contributed by atoms with Crippen LogP contribution in [0.2, 0.25) is 5.02 Å². The van der Waals surface area contributed by atoms with Crippen LogP contribution in [0.5, 0.6) is 0 Å². The SMILES string of the molecule is CCNC(=NCC1(C)CC1)NC1CCN(c2ncccc2Cl)C1.I. The average Bonchev–Trinajstić information content (AvgIpc) is 3.09. The van der Waals surface area contributed by atoms with Crippen molar-refractivity contribution in [1.82, 2.24) is 15.6 Å². The summed E-state index contributed by atoms with van der Waals surface area (Å²) in [5.74, 6) is 1.81. The van der Waals surface area contributed by atoms with E-state index in [9.17, 15) is 0 Å². The lowest BCUT2D eigenvalue weighted by Crippen LogP contribution is -2.45. The lowest BCUT2D eigenvalue weighted by molar-refractivity contribution is 0.579. The van der Waals surface area contributed by atoms with Crippen LogP contribution in [0.4, 0.5) is 5.82 Å². The Morgan fingerprint density at radius 3 is 2.96 bits per heavy atom. The normalized spacial score (nSPS) is 22.0. The van der Waals surface area contributed by atoms with Gasteiger partial charge in [-0.15, -0.1) is 24.0 Å². The van der Waals surface area contributed by atoms with Crippen LogP contribution in [0.15, 0.2) is 23.3 Å². The van der Waals surface area contributed by atoms with E-state index >= 15 is 0 Å². The van der Waals surface area contributed by atoms with Crippen LogP contribution in [-0.4, -0.2) is 43.2 Å². The molecule has 1 saturated heterocycles. The second kappa shape index (κ2) is 8.56. The molecule has 0 aromatic carbocycles. The first-order chi connectivity index (χ1) is 11.1. The molecule has 2 aliphatic rings. The molecule has 0 spiro atoms. The van der Waals surface area contributed by atoms with Gasteiger partial charge in [-0.25, -0.2) is 4.98 Å². The third kappa shape index (κ3) is 5.12. The Labute approximate surface area is 166 Å². The fraction of sp³-hybridized carbons (Fsp3) is 0.647. The zero-order valence-corrected chi connectivity index (χ0v) is 17.5. The van der Waals surface area contributed by atoms with Crippen LogP contribution >= 0.6 is 35.6 Å². The molecule has 1 saturated carbocycles. The molecular formula is C17H27ClIN5. The number of guanidine groups is 1. The summed E-state index contributed by atoms with van der Waals surface area (Å²) in [5.41, 5.74) is 0.436. The van der Waals surface area contributed by atoms with Crippen molar-refractivity contribution in [2.45, 2.75) is 39.2 Å². The topological polar surface area (TPSA) is 52.6 Å². The highest BCUT2D eigenvalue weighted by molar-refractivity contribution is 14.0. The van der Waals surface area contributed by atoms with E-state index in [1.807, 2.05) is 12.1 Å². The number of aliphatic imine (C=N–C) groups is 1. The second-order valence-electron chi connectivity index (χ2n) is 6.89. The Bertz CT molecular complexity index is 576. The van der Waals surface area contributed by atoms with E-state index in [0.29, 0.717) is 11.5 Å². The molecule has 0 radical (unpaired) electrons. The van der Waals surface area contributed by atoms with Gasteiger partial charge in [0, 0.05) is 38.4 Å². The zero-order valence-electron chi connectivity index (χ0n) is 14.4. The number of anilines is 1. The number of rotatable bonds is 5. The van der Waals surface area contributed by atoms with Crippen LogP contribution in [0.1, 0.15) is 33.1 Å². The molecule has 2 N–H and O–H groups in total. The summed E-state index contributed by atoms with van der Waals surface area (Å²) in [6.45, 7) is 8.06. The van der Waals surface area contributed by atoms with Crippen molar-refractivity contribution in [1.29, 1.82) is 0 Å². The van der Waals surface area contributed by atoms with E-state index in [1.165, 1.54) is 12.8 Å². The van der Waals surface area contributed by atoms with Crippen LogP contribution in [0, 0.1) is 5.41 Å². The summed E-state index contributed by atoms with van der Waals surface area (Å²) in [6.07, 6.45) is 5.45. The maximum absolute atomic E-state index is 6.25. The van der Waals surface area contributed by atoms with Gasteiger partial charge in [0.1, 0.15) is 5.82 Å². The maximum Gasteiger partial charge on any atom is 0.191 e. The highest BCUT2D eigenvalue weighted by Gasteiger charge is 2.37. The van der Waals surface area contributed by atoms with E-state index in [1.54, 1.807) is 6.20 Å². The third-order valence-corrected chi connectivity index (χ3v) is 4.93. The van der Waals surface area contributed by atoms with E-state index in [4.69, 9.17) is 16.6 Å². The molecule has 2 heterocycles. The van der Waals surface area contributed by atoms with Gasteiger partial charge < -0.3 is 15.5 Å². The van der Waals surface area contributed by atoms with Gasteiger partial charge >= 0.3 is 0 Å². The molecule has 1 aromatic heterocycles. The molecule has 3 rings (SSSR count). The van der Waals surface area contributed by atoms with Gasteiger partial charge in [-0.05, 0) is 43.7 Å². The standard InChI is InChI=1S/C17H26ClN5.HI/c1-3-19-16(21-12-17(2)7-8-17)22-13-6-10-23(11-13)15-14(18)5-4-9-20-15;/h4-5,9,13H,3,6-8,10-12H2,1-2H3,(H2,19,21,22);1H. The Hall–Kier alpha value is -0.760. The summed E-state index contributed by atoms with van der Waals surface area (Å²) in [5, 5.41) is 7.64. The van der Waals surface area contributed by atoms with Gasteiger partial charge in [-0.2, -0.15) is 0 Å². The van der Waals surface area contributed by atoms with Crippen LogP contribution < -0.4 is 15.5 Å². The smallest absolute Gasteiger partial charge is 0.191 e. The number of halogens is 2. The molecule has 7 heteroatoms. The van der Waals surface area contributed by atoms with E-state index < -0.39 is 0 Å². The molecule has 5 nitrogen and oxygen atoms in total. The van der Waals surface area contributed by atoms with Crippen molar-refractivity contribution in [2.24, 2.45) is 10.4 Å². The largest absolute Gasteiger partial charge is 0.357 e.